The molecule has 1 aromatic carbocycles. The van der Waals surface area contributed by atoms with E-state index in [1.807, 2.05) is 19.9 Å². The van der Waals surface area contributed by atoms with E-state index in [4.69, 9.17) is 0 Å². The van der Waals surface area contributed by atoms with Crippen LogP contribution in [0.5, 0.6) is 0 Å². The number of nitrogens with one attached hydrogen (secondary N) is 1. The fraction of sp³-hybridized carbons (Fsp3) is 0.353. The molecule has 7 nitrogen and oxygen atoms in total. The van der Waals surface area contributed by atoms with E-state index in [1.54, 1.807) is 13.0 Å². The van der Waals surface area contributed by atoms with Gasteiger partial charge in [-0.1, -0.05) is 41.1 Å². The number of carbonyl (C=O) groups is 3. The SMILES string of the molecule is CCc1nnc(NC(=O)C(CC)N2C(=O)C(=O)c3cc(Br)cc(C)c32)s1. The van der Waals surface area contributed by atoms with Crippen molar-refractivity contribution >= 4 is 55.7 Å². The zero-order valence-corrected chi connectivity index (χ0v) is 16.9. The van der Waals surface area contributed by atoms with Gasteiger partial charge in [0.15, 0.2) is 0 Å². The fourth-order valence-electron chi connectivity index (χ4n) is 2.97. The Bertz CT molecular complexity index is 911. The third kappa shape index (κ3) is 3.16. The Hall–Kier alpha value is -2.13. The predicted molar refractivity (Wildman–Crippen MR) is 103 cm³/mol. The quantitative estimate of drug-likeness (QED) is 0.726. The summed E-state index contributed by atoms with van der Waals surface area (Å²) in [6.45, 7) is 5.56. The molecule has 1 N–H and O–H groups in total. The van der Waals surface area contributed by atoms with Crippen LogP contribution in [-0.4, -0.2) is 33.8 Å². The van der Waals surface area contributed by atoms with Crippen LogP contribution in [0.1, 0.15) is 41.2 Å². The molecule has 2 amide bonds. The first-order valence-corrected chi connectivity index (χ1v) is 9.79. The van der Waals surface area contributed by atoms with Crippen molar-refractivity contribution < 1.29 is 14.4 Å². The van der Waals surface area contributed by atoms with Gasteiger partial charge in [-0.05, 0) is 37.5 Å². The van der Waals surface area contributed by atoms with E-state index in [2.05, 4.69) is 31.4 Å². The molecule has 0 spiro atoms. The van der Waals surface area contributed by atoms with Crippen molar-refractivity contribution in [1.82, 2.24) is 10.2 Å². The third-order valence-electron chi connectivity index (χ3n) is 4.16. The summed E-state index contributed by atoms with van der Waals surface area (Å²) in [7, 11) is 0. The standard InChI is InChI=1S/C17H17BrN4O3S/c1-4-11(15(24)19-17-21-20-12(5-2)26-17)22-13-8(3)6-9(18)7-10(13)14(23)16(22)25/h6-7,11H,4-5H2,1-3H3,(H,19,21,24). The fourth-order valence-corrected chi connectivity index (χ4v) is 4.23. The average molecular weight is 437 g/mol. The van der Waals surface area contributed by atoms with Gasteiger partial charge >= 0.3 is 0 Å². The summed E-state index contributed by atoms with van der Waals surface area (Å²) >= 11 is 4.64. The van der Waals surface area contributed by atoms with E-state index in [9.17, 15) is 14.4 Å². The van der Waals surface area contributed by atoms with E-state index in [1.165, 1.54) is 16.2 Å². The van der Waals surface area contributed by atoms with Gasteiger partial charge in [0, 0.05) is 4.47 Å². The van der Waals surface area contributed by atoms with Gasteiger partial charge in [0.2, 0.25) is 11.0 Å². The van der Waals surface area contributed by atoms with Crippen LogP contribution in [-0.2, 0) is 16.0 Å². The first-order valence-electron chi connectivity index (χ1n) is 8.18. The molecule has 1 aromatic heterocycles. The molecule has 1 aliphatic heterocycles. The molecule has 2 heterocycles. The van der Waals surface area contributed by atoms with Crippen LogP contribution < -0.4 is 10.2 Å². The number of carbonyl (C=O) groups excluding carboxylic acids is 3. The lowest BCUT2D eigenvalue weighted by molar-refractivity contribution is -0.121. The number of Topliss-reactive ketones (excluding diaryl/α,β-unsaturated/α-hetero) is 1. The minimum atomic E-state index is -0.804. The number of benzene rings is 1. The molecule has 2 aromatic rings. The van der Waals surface area contributed by atoms with E-state index in [0.29, 0.717) is 22.8 Å². The minimum absolute atomic E-state index is 0.317. The second kappa shape index (κ2) is 7.24. The summed E-state index contributed by atoms with van der Waals surface area (Å²) in [5, 5.41) is 11.8. The lowest BCUT2D eigenvalue weighted by atomic mass is 10.1. The molecule has 1 unspecified atom stereocenters. The Kier molecular flexibility index (Phi) is 5.19. The second-order valence-electron chi connectivity index (χ2n) is 5.89. The monoisotopic (exact) mass is 436 g/mol. The summed E-state index contributed by atoms with van der Waals surface area (Å²) in [5.41, 5.74) is 1.57. The molecule has 1 atom stereocenters. The summed E-state index contributed by atoms with van der Waals surface area (Å²) < 4.78 is 0.718. The lowest BCUT2D eigenvalue weighted by Gasteiger charge is -2.26. The number of anilines is 2. The number of aryl methyl sites for hydroxylation is 2. The normalized spacial score (nSPS) is 14.5. The van der Waals surface area contributed by atoms with Gasteiger partial charge < -0.3 is 0 Å². The van der Waals surface area contributed by atoms with Gasteiger partial charge in [-0.3, -0.25) is 24.6 Å². The van der Waals surface area contributed by atoms with Crippen molar-refractivity contribution in [2.45, 2.75) is 39.7 Å². The van der Waals surface area contributed by atoms with Crippen molar-refractivity contribution in [2.24, 2.45) is 0 Å². The highest BCUT2D eigenvalue weighted by Crippen LogP contribution is 2.37. The van der Waals surface area contributed by atoms with Crippen LogP contribution in [0.4, 0.5) is 10.8 Å². The average Bonchev–Trinajstić information content (AvgIpc) is 3.14. The Morgan fingerprint density at radius 1 is 1.31 bits per heavy atom. The lowest BCUT2D eigenvalue weighted by Crippen LogP contribution is -2.46. The number of ketones is 1. The molecule has 136 valence electrons. The number of nitrogens with zero attached hydrogens (tertiary/aromatic N) is 3. The molecule has 0 fully saturated rings. The number of fused-ring (bicyclic) bond motifs is 1. The Labute approximate surface area is 162 Å². The molecule has 0 bridgehead atoms. The molecule has 0 saturated carbocycles. The molecule has 3 rings (SSSR count). The largest absolute Gasteiger partial charge is 0.300 e. The molecule has 9 heteroatoms. The van der Waals surface area contributed by atoms with Crippen LogP contribution in [0.2, 0.25) is 0 Å². The van der Waals surface area contributed by atoms with Crippen LogP contribution in [0, 0.1) is 6.92 Å². The number of rotatable bonds is 5. The Balaban J connectivity index is 1.94. The maximum atomic E-state index is 12.8. The zero-order valence-electron chi connectivity index (χ0n) is 14.5. The van der Waals surface area contributed by atoms with Gasteiger partial charge in [-0.2, -0.15) is 0 Å². The molecular formula is C17H17BrN4O3S. The van der Waals surface area contributed by atoms with Crippen LogP contribution in [0.25, 0.3) is 0 Å². The maximum Gasteiger partial charge on any atom is 0.300 e. The highest BCUT2D eigenvalue weighted by atomic mass is 79.9. The summed E-state index contributed by atoms with van der Waals surface area (Å²) in [4.78, 5) is 39.1. The van der Waals surface area contributed by atoms with Gasteiger partial charge in [0.05, 0.1) is 11.3 Å². The zero-order chi connectivity index (χ0) is 19.0. The third-order valence-corrected chi connectivity index (χ3v) is 5.61. The van der Waals surface area contributed by atoms with Gasteiger partial charge in [0.1, 0.15) is 11.0 Å². The summed E-state index contributed by atoms with van der Waals surface area (Å²) in [5.74, 6) is -1.67. The first-order chi connectivity index (χ1) is 12.4. The number of aromatic nitrogens is 2. The van der Waals surface area contributed by atoms with Crippen molar-refractivity contribution in [3.05, 3.63) is 32.7 Å². The van der Waals surface area contributed by atoms with E-state index >= 15 is 0 Å². The molecule has 0 saturated heterocycles. The summed E-state index contributed by atoms with van der Waals surface area (Å²) in [6.07, 6.45) is 1.09. The number of hydrogen-bond donors (Lipinski definition) is 1. The maximum absolute atomic E-state index is 12.8. The van der Waals surface area contributed by atoms with Gasteiger partial charge in [-0.25, -0.2) is 0 Å². The number of halogens is 1. The van der Waals surface area contributed by atoms with E-state index in [-0.39, 0.29) is 5.91 Å². The Morgan fingerprint density at radius 3 is 2.65 bits per heavy atom. The number of hydrogen-bond acceptors (Lipinski definition) is 6. The smallest absolute Gasteiger partial charge is 0.299 e. The van der Waals surface area contributed by atoms with E-state index in [0.717, 1.165) is 21.5 Å². The second-order valence-corrected chi connectivity index (χ2v) is 7.87. The van der Waals surface area contributed by atoms with Crippen molar-refractivity contribution in [3.8, 4) is 0 Å². The van der Waals surface area contributed by atoms with Crippen LogP contribution in [0.15, 0.2) is 16.6 Å². The highest BCUT2D eigenvalue weighted by molar-refractivity contribution is 9.10. The summed E-state index contributed by atoms with van der Waals surface area (Å²) in [6, 6.07) is 2.63. The van der Waals surface area contributed by atoms with Gasteiger partial charge in [0.25, 0.3) is 11.7 Å². The minimum Gasteiger partial charge on any atom is -0.299 e. The Morgan fingerprint density at radius 2 is 2.04 bits per heavy atom. The van der Waals surface area contributed by atoms with E-state index < -0.39 is 17.7 Å². The molecule has 1 aliphatic rings. The molecule has 0 radical (unpaired) electrons. The molecular weight excluding hydrogens is 420 g/mol. The molecule has 0 aliphatic carbocycles. The first kappa shape index (κ1) is 18.7. The van der Waals surface area contributed by atoms with Crippen LogP contribution in [0.3, 0.4) is 0 Å². The van der Waals surface area contributed by atoms with Crippen molar-refractivity contribution in [2.75, 3.05) is 10.2 Å². The van der Waals surface area contributed by atoms with Crippen LogP contribution >= 0.6 is 27.3 Å². The highest BCUT2D eigenvalue weighted by Gasteiger charge is 2.43. The molecule has 26 heavy (non-hydrogen) atoms. The topological polar surface area (TPSA) is 92.3 Å². The van der Waals surface area contributed by atoms with Gasteiger partial charge in [-0.15, -0.1) is 10.2 Å². The predicted octanol–water partition coefficient (Wildman–Crippen LogP) is 3.12. The van der Waals surface area contributed by atoms with Crippen molar-refractivity contribution in [1.29, 1.82) is 0 Å². The van der Waals surface area contributed by atoms with Crippen molar-refractivity contribution in [3.63, 3.8) is 0 Å². The number of amides is 2.